The van der Waals surface area contributed by atoms with Crippen LogP contribution in [0.4, 0.5) is 5.69 Å². The van der Waals surface area contributed by atoms with Crippen molar-refractivity contribution in [1.82, 2.24) is 0 Å². The van der Waals surface area contributed by atoms with E-state index in [0.717, 1.165) is 11.3 Å². The Bertz CT molecular complexity index is 608. The van der Waals surface area contributed by atoms with Gasteiger partial charge in [-0.25, -0.2) is 4.79 Å². The fraction of sp³-hybridized carbons (Fsp3) is 0.143. The molecule has 0 aliphatic heterocycles. The molecule has 0 atom stereocenters. The van der Waals surface area contributed by atoms with E-state index in [0.29, 0.717) is 18.7 Å². The van der Waals surface area contributed by atoms with E-state index >= 15 is 0 Å². The van der Waals surface area contributed by atoms with E-state index < -0.39 is 5.97 Å². The Morgan fingerprint density at radius 3 is 2.58 bits per heavy atom. The first kappa shape index (κ1) is 12.7. The maximum Gasteiger partial charge on any atom is 0.371 e. The average Bonchev–Trinajstić information content (AvgIpc) is 2.87. The van der Waals surface area contributed by atoms with Gasteiger partial charge in [0.2, 0.25) is 5.76 Å². The fourth-order valence-electron chi connectivity index (χ4n) is 1.61. The summed E-state index contributed by atoms with van der Waals surface area (Å²) in [5.74, 6) is -0.591. The summed E-state index contributed by atoms with van der Waals surface area (Å²) in [4.78, 5) is 10.6. The molecule has 0 spiro atoms. The predicted molar refractivity (Wildman–Crippen MR) is 68.8 cm³/mol. The van der Waals surface area contributed by atoms with Crippen LogP contribution in [0, 0.1) is 11.3 Å². The lowest BCUT2D eigenvalue weighted by atomic mass is 10.1. The smallest absolute Gasteiger partial charge is 0.371 e. The number of hydrogen-bond acceptors (Lipinski definition) is 4. The van der Waals surface area contributed by atoms with Gasteiger partial charge in [0, 0.05) is 5.69 Å². The number of nitrogens with zero attached hydrogens (tertiary/aromatic N) is 1. The predicted octanol–water partition coefficient (Wildman–Crippen LogP) is 2.66. The molecular weight excluding hydrogens is 244 g/mol. The first-order valence-electron chi connectivity index (χ1n) is 5.71. The van der Waals surface area contributed by atoms with Gasteiger partial charge < -0.3 is 14.8 Å². The van der Waals surface area contributed by atoms with Crippen LogP contribution >= 0.6 is 0 Å². The lowest BCUT2D eigenvalue weighted by Gasteiger charge is -2.04. The number of anilines is 1. The van der Waals surface area contributed by atoms with Gasteiger partial charge in [0.1, 0.15) is 5.76 Å². The summed E-state index contributed by atoms with van der Waals surface area (Å²) in [5, 5.41) is 20.4. The van der Waals surface area contributed by atoms with E-state index in [1.54, 1.807) is 6.07 Å². The lowest BCUT2D eigenvalue weighted by Crippen LogP contribution is -1.98. The van der Waals surface area contributed by atoms with E-state index in [1.165, 1.54) is 6.07 Å². The molecule has 1 aromatic carbocycles. The highest BCUT2D eigenvalue weighted by Crippen LogP contribution is 2.13. The third kappa shape index (κ3) is 3.36. The van der Waals surface area contributed by atoms with E-state index in [4.69, 9.17) is 14.8 Å². The van der Waals surface area contributed by atoms with E-state index in [-0.39, 0.29) is 5.76 Å². The molecule has 0 aliphatic rings. The minimum Gasteiger partial charge on any atom is -0.475 e. The molecule has 2 rings (SSSR count). The first-order chi connectivity index (χ1) is 9.19. The zero-order chi connectivity index (χ0) is 13.7. The molecule has 0 bridgehead atoms. The molecule has 96 valence electrons. The van der Waals surface area contributed by atoms with Gasteiger partial charge in [-0.15, -0.1) is 0 Å². The number of rotatable bonds is 5. The van der Waals surface area contributed by atoms with Gasteiger partial charge in [-0.05, 0) is 29.8 Å². The fourth-order valence-corrected chi connectivity index (χ4v) is 1.61. The summed E-state index contributed by atoms with van der Waals surface area (Å²) in [6, 6.07) is 12.6. The highest BCUT2D eigenvalue weighted by Gasteiger charge is 2.08. The normalized spacial score (nSPS) is 9.84. The van der Waals surface area contributed by atoms with Gasteiger partial charge in [0.25, 0.3) is 0 Å². The van der Waals surface area contributed by atoms with Crippen LogP contribution in [0.25, 0.3) is 0 Å². The molecule has 5 heteroatoms. The maximum absolute atomic E-state index is 10.6. The van der Waals surface area contributed by atoms with E-state index in [9.17, 15) is 4.79 Å². The van der Waals surface area contributed by atoms with Crippen molar-refractivity contribution < 1.29 is 14.3 Å². The van der Waals surface area contributed by atoms with Crippen molar-refractivity contribution in [3.8, 4) is 6.07 Å². The molecule has 5 nitrogen and oxygen atoms in total. The standard InChI is InChI=1S/C14H12N2O3/c15-8-7-10-1-3-11(4-2-10)16-9-12-5-6-13(19-12)14(17)18/h1-6,16H,7,9H2,(H,17,18). The third-order valence-electron chi connectivity index (χ3n) is 2.58. The Kier molecular flexibility index (Phi) is 3.84. The number of hydrogen-bond donors (Lipinski definition) is 2. The highest BCUT2D eigenvalue weighted by molar-refractivity contribution is 5.84. The first-order valence-corrected chi connectivity index (χ1v) is 5.71. The Morgan fingerprint density at radius 2 is 2.00 bits per heavy atom. The molecule has 1 heterocycles. The Hall–Kier alpha value is -2.74. The summed E-state index contributed by atoms with van der Waals surface area (Å²) in [6.07, 6.45) is 0.389. The quantitative estimate of drug-likeness (QED) is 0.858. The summed E-state index contributed by atoms with van der Waals surface area (Å²) in [6.45, 7) is 0.408. The molecule has 0 saturated carbocycles. The van der Waals surface area contributed by atoms with Gasteiger partial charge in [-0.3, -0.25) is 0 Å². The Morgan fingerprint density at radius 1 is 1.26 bits per heavy atom. The van der Waals surface area contributed by atoms with Crippen LogP contribution in [-0.2, 0) is 13.0 Å². The number of benzene rings is 1. The summed E-state index contributed by atoms with van der Waals surface area (Å²) >= 11 is 0. The second kappa shape index (κ2) is 5.74. The van der Waals surface area contributed by atoms with Crippen LogP contribution in [0.3, 0.4) is 0 Å². The van der Waals surface area contributed by atoms with Gasteiger partial charge in [0.05, 0.1) is 19.0 Å². The second-order valence-electron chi connectivity index (χ2n) is 3.96. The van der Waals surface area contributed by atoms with E-state index in [2.05, 4.69) is 11.4 Å². The molecule has 19 heavy (non-hydrogen) atoms. The van der Waals surface area contributed by atoms with Gasteiger partial charge in [-0.2, -0.15) is 5.26 Å². The third-order valence-corrected chi connectivity index (χ3v) is 2.58. The number of furan rings is 1. The van der Waals surface area contributed by atoms with Crippen molar-refractivity contribution in [2.45, 2.75) is 13.0 Å². The molecule has 2 aromatic rings. The van der Waals surface area contributed by atoms with Crippen LogP contribution in [0.15, 0.2) is 40.8 Å². The Labute approximate surface area is 110 Å². The van der Waals surface area contributed by atoms with Crippen molar-refractivity contribution in [2.75, 3.05) is 5.32 Å². The summed E-state index contributed by atoms with van der Waals surface area (Å²) < 4.78 is 5.12. The number of aromatic carboxylic acids is 1. The molecule has 0 unspecified atom stereocenters. The van der Waals surface area contributed by atoms with Crippen LogP contribution in [0.1, 0.15) is 21.9 Å². The van der Waals surface area contributed by atoms with Gasteiger partial charge in [-0.1, -0.05) is 12.1 Å². The van der Waals surface area contributed by atoms with Crippen molar-refractivity contribution in [2.24, 2.45) is 0 Å². The van der Waals surface area contributed by atoms with Crippen molar-refractivity contribution in [3.63, 3.8) is 0 Å². The van der Waals surface area contributed by atoms with Crippen molar-refractivity contribution >= 4 is 11.7 Å². The number of carboxylic acid groups (broad SMARTS) is 1. The number of carboxylic acids is 1. The van der Waals surface area contributed by atoms with Crippen LogP contribution in [-0.4, -0.2) is 11.1 Å². The highest BCUT2D eigenvalue weighted by atomic mass is 16.4. The number of nitriles is 1. The molecule has 0 amide bonds. The SMILES string of the molecule is N#CCc1ccc(NCc2ccc(C(=O)O)o2)cc1. The van der Waals surface area contributed by atoms with Crippen LogP contribution in [0.2, 0.25) is 0 Å². The van der Waals surface area contributed by atoms with E-state index in [1.807, 2.05) is 24.3 Å². The lowest BCUT2D eigenvalue weighted by molar-refractivity contribution is 0.0660. The molecule has 0 aliphatic carbocycles. The van der Waals surface area contributed by atoms with Gasteiger partial charge >= 0.3 is 5.97 Å². The second-order valence-corrected chi connectivity index (χ2v) is 3.96. The molecule has 0 fully saturated rings. The van der Waals surface area contributed by atoms with Crippen molar-refractivity contribution in [1.29, 1.82) is 5.26 Å². The number of carbonyl (C=O) groups is 1. The summed E-state index contributed by atoms with van der Waals surface area (Å²) in [5.41, 5.74) is 1.84. The largest absolute Gasteiger partial charge is 0.475 e. The maximum atomic E-state index is 10.6. The topological polar surface area (TPSA) is 86.3 Å². The van der Waals surface area contributed by atoms with Gasteiger partial charge in [0.15, 0.2) is 0 Å². The Balaban J connectivity index is 1.94. The van der Waals surface area contributed by atoms with Crippen LogP contribution < -0.4 is 5.32 Å². The summed E-state index contributed by atoms with van der Waals surface area (Å²) in [7, 11) is 0. The van der Waals surface area contributed by atoms with Crippen molar-refractivity contribution in [3.05, 3.63) is 53.5 Å². The average molecular weight is 256 g/mol. The monoisotopic (exact) mass is 256 g/mol. The zero-order valence-corrected chi connectivity index (χ0v) is 10.1. The minimum atomic E-state index is -1.08. The molecule has 0 radical (unpaired) electrons. The molecule has 1 aromatic heterocycles. The minimum absolute atomic E-state index is 0.0684. The molecule has 2 N–H and O–H groups in total. The zero-order valence-electron chi connectivity index (χ0n) is 10.1. The van der Waals surface area contributed by atoms with Crippen LogP contribution in [0.5, 0.6) is 0 Å². The number of nitrogens with one attached hydrogen (secondary N) is 1. The molecular formula is C14H12N2O3. The molecule has 0 saturated heterocycles.